The van der Waals surface area contributed by atoms with E-state index in [2.05, 4.69) is 0 Å². The van der Waals surface area contributed by atoms with E-state index in [1.807, 2.05) is 26.2 Å². The Labute approximate surface area is 87.5 Å². The fourth-order valence-electron chi connectivity index (χ4n) is 1.03. The largest absolute Gasteiger partial charge is 0.458 e. The molecule has 0 spiro atoms. The quantitative estimate of drug-likeness (QED) is 0.686. The minimum atomic E-state index is -4.02. The van der Waals surface area contributed by atoms with Crippen LogP contribution in [-0.4, -0.2) is 23.5 Å². The van der Waals surface area contributed by atoms with E-state index in [-0.39, 0.29) is 13.5 Å². The van der Waals surface area contributed by atoms with Crippen molar-refractivity contribution in [3.05, 3.63) is 0 Å². The van der Waals surface area contributed by atoms with Crippen LogP contribution in [0.15, 0.2) is 0 Å². The van der Waals surface area contributed by atoms with Crippen molar-refractivity contribution in [1.82, 2.24) is 0 Å². The van der Waals surface area contributed by atoms with Gasteiger partial charge in [0, 0.05) is 6.42 Å². The molecule has 0 saturated heterocycles. The molecule has 0 rings (SSSR count). The maximum atomic E-state index is 11.8. The van der Waals surface area contributed by atoms with Crippen molar-refractivity contribution < 1.29 is 17.3 Å². The molecule has 0 aromatic carbocycles. The van der Waals surface area contributed by atoms with Crippen LogP contribution in [0.25, 0.3) is 0 Å². The lowest BCUT2D eigenvalue weighted by Gasteiger charge is -2.23. The molecule has 0 aliphatic carbocycles. The third-order valence-corrected chi connectivity index (χ3v) is 6.93. The molecule has 6 heteroatoms. The third kappa shape index (κ3) is 12.2. The second-order valence-electron chi connectivity index (χ2n) is 4.19. The summed E-state index contributed by atoms with van der Waals surface area (Å²) in [7, 11) is -3.21. The number of hydrogen-bond acceptors (Lipinski definition) is 1. The zero-order valence-corrected chi connectivity index (χ0v) is 10.7. The maximum absolute atomic E-state index is 11.8. The molecular formula is C8H21F3OSi2. The minimum Gasteiger partial charge on any atom is -0.458 e. The van der Waals surface area contributed by atoms with Crippen molar-refractivity contribution in [2.24, 2.45) is 0 Å². The van der Waals surface area contributed by atoms with Crippen LogP contribution in [0.3, 0.4) is 0 Å². The van der Waals surface area contributed by atoms with E-state index in [1.54, 1.807) is 0 Å². The lowest BCUT2D eigenvalue weighted by Crippen LogP contribution is -2.33. The van der Waals surface area contributed by atoms with Gasteiger partial charge in [0.25, 0.3) is 0 Å². The first-order valence-corrected chi connectivity index (χ1v) is 10.2. The Balaban J connectivity index is 0. The fraction of sp³-hybridized carbons (Fsp3) is 1.00. The topological polar surface area (TPSA) is 9.23 Å². The van der Waals surface area contributed by atoms with Crippen LogP contribution in [0.2, 0.25) is 32.2 Å². The molecule has 0 bridgehead atoms. The molecule has 1 nitrogen and oxygen atoms in total. The molecule has 0 aromatic rings. The predicted molar refractivity (Wildman–Crippen MR) is 59.7 cm³/mol. The first kappa shape index (κ1) is 16.6. The first-order valence-electron chi connectivity index (χ1n) is 4.35. The molecule has 0 fully saturated rings. The molecule has 0 aliphatic heterocycles. The molecule has 88 valence electrons. The van der Waals surface area contributed by atoms with Gasteiger partial charge in [0.05, 0.1) is 0 Å². The maximum Gasteiger partial charge on any atom is 0.388 e. The van der Waals surface area contributed by atoms with Crippen LogP contribution in [0.4, 0.5) is 13.2 Å². The second-order valence-corrected chi connectivity index (χ2v) is 11.6. The van der Waals surface area contributed by atoms with Gasteiger partial charge in [-0.25, -0.2) is 0 Å². The number of alkyl halides is 3. The van der Waals surface area contributed by atoms with Gasteiger partial charge in [0.1, 0.15) is 0 Å². The Morgan fingerprint density at radius 2 is 1.64 bits per heavy atom. The smallest absolute Gasteiger partial charge is 0.388 e. The van der Waals surface area contributed by atoms with Crippen LogP contribution < -0.4 is 0 Å². The van der Waals surface area contributed by atoms with Crippen LogP contribution in [0, 0.1) is 0 Å². The molecule has 0 saturated carbocycles. The molecule has 1 atom stereocenters. The lowest BCUT2D eigenvalue weighted by atomic mass is 10.5. The Bertz CT molecular complexity index is 154. The number of hydrogen-bond donors (Lipinski definition) is 0. The molecule has 1 unspecified atom stereocenters. The van der Waals surface area contributed by atoms with Crippen LogP contribution >= 0.6 is 0 Å². The summed E-state index contributed by atoms with van der Waals surface area (Å²) >= 11 is 0. The summed E-state index contributed by atoms with van der Waals surface area (Å²) in [5.74, 6) is 0. The van der Waals surface area contributed by atoms with Crippen molar-refractivity contribution >= 4 is 17.4 Å². The monoisotopic (exact) mass is 246 g/mol. The molecule has 0 aromatic heterocycles. The molecule has 0 N–H and O–H groups in total. The van der Waals surface area contributed by atoms with Crippen molar-refractivity contribution in [3.8, 4) is 0 Å². The highest BCUT2D eigenvalue weighted by molar-refractivity contribution is 6.77. The summed E-state index contributed by atoms with van der Waals surface area (Å²) in [6, 6.07) is 0.202. The van der Waals surface area contributed by atoms with E-state index in [0.29, 0.717) is 0 Å². The third-order valence-electron chi connectivity index (χ3n) is 1.39. The number of rotatable bonds is 4. The average molecular weight is 246 g/mol. The molecule has 0 aliphatic rings. The molecule has 0 amide bonds. The molecule has 0 radical (unpaired) electrons. The van der Waals surface area contributed by atoms with Gasteiger partial charge < -0.3 is 4.12 Å². The zero-order chi connectivity index (χ0) is 10.7. The standard InChI is InChI=1S/C7H17F3OSi2.CH4/c1-12(11-13(2,3)4)6-5-7(8,9)10;/h12H,5-6H2,1-4H3;1H4. The van der Waals surface area contributed by atoms with Crippen molar-refractivity contribution in [3.63, 3.8) is 0 Å². The van der Waals surface area contributed by atoms with Crippen molar-refractivity contribution in [1.29, 1.82) is 0 Å². The Morgan fingerprint density at radius 3 is 1.93 bits per heavy atom. The highest BCUT2D eigenvalue weighted by Crippen LogP contribution is 2.23. The summed E-state index contributed by atoms with van der Waals surface area (Å²) in [5, 5.41) is 0. The van der Waals surface area contributed by atoms with Gasteiger partial charge in [-0.3, -0.25) is 0 Å². The van der Waals surface area contributed by atoms with E-state index in [0.717, 1.165) is 0 Å². The van der Waals surface area contributed by atoms with Gasteiger partial charge in [-0.05, 0) is 32.2 Å². The van der Waals surface area contributed by atoms with E-state index >= 15 is 0 Å². The van der Waals surface area contributed by atoms with Crippen LogP contribution in [0.5, 0.6) is 0 Å². The average Bonchev–Trinajstić information content (AvgIpc) is 1.78. The molecule has 14 heavy (non-hydrogen) atoms. The van der Waals surface area contributed by atoms with Gasteiger partial charge in [-0.2, -0.15) is 13.2 Å². The fourth-order valence-corrected chi connectivity index (χ4v) is 7.06. The number of halogens is 3. The SMILES string of the molecule is C.C[SiH](CCC(F)(F)F)O[Si](C)(C)C. The second kappa shape index (κ2) is 5.92. The lowest BCUT2D eigenvalue weighted by molar-refractivity contribution is -0.130. The summed E-state index contributed by atoms with van der Waals surface area (Å²) in [6.07, 6.45) is -4.71. The van der Waals surface area contributed by atoms with E-state index < -0.39 is 30.0 Å². The Kier molecular flexibility index (Phi) is 7.02. The van der Waals surface area contributed by atoms with Gasteiger partial charge in [0.15, 0.2) is 17.4 Å². The first-order chi connectivity index (χ1) is 5.60. The van der Waals surface area contributed by atoms with Gasteiger partial charge in [-0.15, -0.1) is 0 Å². The Morgan fingerprint density at radius 1 is 1.21 bits per heavy atom. The van der Waals surface area contributed by atoms with E-state index in [9.17, 15) is 13.2 Å². The zero-order valence-electron chi connectivity index (χ0n) is 8.53. The van der Waals surface area contributed by atoms with Gasteiger partial charge >= 0.3 is 6.18 Å². The van der Waals surface area contributed by atoms with Crippen molar-refractivity contribution in [2.45, 2.75) is 52.3 Å². The molecular weight excluding hydrogens is 225 g/mol. The van der Waals surface area contributed by atoms with Gasteiger partial charge in [-0.1, -0.05) is 7.43 Å². The van der Waals surface area contributed by atoms with E-state index in [4.69, 9.17) is 4.12 Å². The van der Waals surface area contributed by atoms with Crippen LogP contribution in [-0.2, 0) is 4.12 Å². The highest BCUT2D eigenvalue weighted by Gasteiger charge is 2.29. The predicted octanol–water partition coefficient (Wildman–Crippen LogP) is 3.78. The summed E-state index contributed by atoms with van der Waals surface area (Å²) in [4.78, 5) is 0. The normalized spacial score (nSPS) is 14.8. The summed E-state index contributed by atoms with van der Waals surface area (Å²) in [6.45, 7) is 7.85. The summed E-state index contributed by atoms with van der Waals surface area (Å²) < 4.78 is 41.1. The highest BCUT2D eigenvalue weighted by atomic mass is 28.4. The van der Waals surface area contributed by atoms with Crippen LogP contribution in [0.1, 0.15) is 13.8 Å². The van der Waals surface area contributed by atoms with Crippen molar-refractivity contribution in [2.75, 3.05) is 0 Å². The van der Waals surface area contributed by atoms with E-state index in [1.165, 1.54) is 0 Å². The minimum absolute atomic E-state index is 0. The molecule has 0 heterocycles. The Hall–Kier alpha value is 0.184. The van der Waals surface area contributed by atoms with Gasteiger partial charge in [0.2, 0.25) is 0 Å². The summed E-state index contributed by atoms with van der Waals surface area (Å²) in [5.41, 5.74) is 0.